The van der Waals surface area contributed by atoms with Crippen molar-refractivity contribution >= 4 is 38.8 Å². The first-order chi connectivity index (χ1) is 9.63. The molecule has 2 heterocycles. The second-order valence-electron chi connectivity index (χ2n) is 5.08. The molecule has 1 aromatic heterocycles. The summed E-state index contributed by atoms with van der Waals surface area (Å²) in [6, 6.07) is 3.84. The van der Waals surface area contributed by atoms with Gasteiger partial charge in [-0.15, -0.1) is 11.3 Å². The first kappa shape index (κ1) is 13.2. The predicted molar refractivity (Wildman–Crippen MR) is 83.1 cm³/mol. The lowest BCUT2D eigenvalue weighted by atomic mass is 10.2. The van der Waals surface area contributed by atoms with Crippen LogP contribution in [-0.2, 0) is 4.79 Å². The molecule has 1 saturated heterocycles. The van der Waals surface area contributed by atoms with Gasteiger partial charge in [-0.1, -0.05) is 0 Å². The summed E-state index contributed by atoms with van der Waals surface area (Å²) in [5, 5.41) is 4.16. The van der Waals surface area contributed by atoms with Crippen LogP contribution in [-0.4, -0.2) is 35.4 Å². The second-order valence-corrected chi connectivity index (χ2v) is 6.32. The Morgan fingerprint density at radius 3 is 2.95 bits per heavy atom. The van der Waals surface area contributed by atoms with Gasteiger partial charge in [0.05, 0.1) is 33.1 Å². The summed E-state index contributed by atoms with van der Waals surface area (Å²) in [7, 11) is 0. The number of hydrogen-bond acceptors (Lipinski definition) is 5. The van der Waals surface area contributed by atoms with E-state index in [1.165, 1.54) is 0 Å². The Kier molecular flexibility index (Phi) is 3.48. The van der Waals surface area contributed by atoms with Gasteiger partial charge >= 0.3 is 0 Å². The summed E-state index contributed by atoms with van der Waals surface area (Å²) in [6.45, 7) is 4.02. The van der Waals surface area contributed by atoms with E-state index < -0.39 is 0 Å². The lowest BCUT2D eigenvalue weighted by Crippen LogP contribution is -2.33. The molecule has 1 amide bonds. The highest BCUT2D eigenvalue weighted by molar-refractivity contribution is 7.18. The van der Waals surface area contributed by atoms with Crippen LogP contribution >= 0.6 is 11.3 Å². The average Bonchev–Trinajstić information content (AvgIpc) is 3.03. The predicted octanol–water partition coefficient (Wildman–Crippen LogP) is 2.22. The van der Waals surface area contributed by atoms with Gasteiger partial charge in [0.15, 0.2) is 0 Å². The number of anilines is 2. The van der Waals surface area contributed by atoms with Crippen molar-refractivity contribution in [1.82, 2.24) is 9.88 Å². The molecule has 106 valence electrons. The lowest BCUT2D eigenvalue weighted by molar-refractivity contribution is -0.128. The number of benzene rings is 1. The van der Waals surface area contributed by atoms with E-state index in [2.05, 4.69) is 10.3 Å². The van der Waals surface area contributed by atoms with Gasteiger partial charge in [0.2, 0.25) is 5.91 Å². The molecule has 0 aliphatic carbocycles. The molecule has 0 saturated carbocycles. The van der Waals surface area contributed by atoms with Crippen LogP contribution in [0.25, 0.3) is 10.2 Å². The maximum absolute atomic E-state index is 12.0. The molecule has 5 nitrogen and oxygen atoms in total. The Labute approximate surface area is 121 Å². The number of aryl methyl sites for hydroxylation is 1. The van der Waals surface area contributed by atoms with Crippen LogP contribution in [0.15, 0.2) is 12.1 Å². The molecular formula is C14H18N4OS. The van der Waals surface area contributed by atoms with Crippen molar-refractivity contribution in [3.63, 3.8) is 0 Å². The Bertz CT molecular complexity index is 646. The molecule has 0 atom stereocenters. The molecule has 0 unspecified atom stereocenters. The lowest BCUT2D eigenvalue weighted by Gasteiger charge is -2.16. The SMILES string of the molecule is Cc1nc2cc(NCC(=O)N3CCCC3)c(N)cc2s1. The molecule has 3 rings (SSSR count). The zero-order valence-corrected chi connectivity index (χ0v) is 12.3. The Morgan fingerprint density at radius 1 is 1.45 bits per heavy atom. The monoisotopic (exact) mass is 290 g/mol. The minimum absolute atomic E-state index is 0.136. The molecule has 1 aromatic carbocycles. The van der Waals surface area contributed by atoms with Crippen molar-refractivity contribution in [3.05, 3.63) is 17.1 Å². The van der Waals surface area contributed by atoms with Crippen molar-refractivity contribution in [3.8, 4) is 0 Å². The zero-order valence-electron chi connectivity index (χ0n) is 11.5. The Morgan fingerprint density at radius 2 is 2.20 bits per heavy atom. The number of rotatable bonds is 3. The van der Waals surface area contributed by atoms with E-state index >= 15 is 0 Å². The summed E-state index contributed by atoms with van der Waals surface area (Å²) in [5.74, 6) is 0.136. The number of nitrogens with zero attached hydrogens (tertiary/aromatic N) is 2. The number of thiazole rings is 1. The van der Waals surface area contributed by atoms with Crippen molar-refractivity contribution in [2.75, 3.05) is 30.7 Å². The van der Waals surface area contributed by atoms with Gasteiger partial charge in [0, 0.05) is 13.1 Å². The maximum atomic E-state index is 12.0. The van der Waals surface area contributed by atoms with E-state index in [9.17, 15) is 4.79 Å². The van der Waals surface area contributed by atoms with Crippen LogP contribution in [0.1, 0.15) is 17.8 Å². The van der Waals surface area contributed by atoms with Crippen LogP contribution in [0.5, 0.6) is 0 Å². The van der Waals surface area contributed by atoms with E-state index in [4.69, 9.17) is 5.73 Å². The van der Waals surface area contributed by atoms with Gasteiger partial charge in [-0.3, -0.25) is 4.79 Å². The molecule has 1 aliphatic rings. The van der Waals surface area contributed by atoms with E-state index in [0.29, 0.717) is 12.2 Å². The summed E-state index contributed by atoms with van der Waals surface area (Å²) >= 11 is 1.63. The summed E-state index contributed by atoms with van der Waals surface area (Å²) < 4.78 is 1.08. The summed E-state index contributed by atoms with van der Waals surface area (Å²) in [6.07, 6.45) is 2.22. The number of carbonyl (C=O) groups excluding carboxylic acids is 1. The van der Waals surface area contributed by atoms with Crippen LogP contribution in [0, 0.1) is 6.92 Å². The van der Waals surface area contributed by atoms with Gasteiger partial charge < -0.3 is 16.0 Å². The molecule has 0 bridgehead atoms. The number of aromatic nitrogens is 1. The third-order valence-corrected chi connectivity index (χ3v) is 4.49. The first-order valence-electron chi connectivity index (χ1n) is 6.82. The van der Waals surface area contributed by atoms with Crippen LogP contribution in [0.4, 0.5) is 11.4 Å². The largest absolute Gasteiger partial charge is 0.397 e. The molecule has 20 heavy (non-hydrogen) atoms. The van der Waals surface area contributed by atoms with E-state index in [0.717, 1.165) is 46.8 Å². The van der Waals surface area contributed by atoms with E-state index in [1.807, 2.05) is 24.0 Å². The van der Waals surface area contributed by atoms with Gasteiger partial charge in [0.1, 0.15) is 0 Å². The van der Waals surface area contributed by atoms with Crippen LogP contribution < -0.4 is 11.1 Å². The molecule has 3 N–H and O–H groups in total. The van der Waals surface area contributed by atoms with Crippen molar-refractivity contribution in [2.24, 2.45) is 0 Å². The molecule has 1 aliphatic heterocycles. The highest BCUT2D eigenvalue weighted by Gasteiger charge is 2.17. The molecule has 0 spiro atoms. The third-order valence-electron chi connectivity index (χ3n) is 3.56. The van der Waals surface area contributed by atoms with Crippen molar-refractivity contribution in [1.29, 1.82) is 0 Å². The summed E-state index contributed by atoms with van der Waals surface area (Å²) in [5.41, 5.74) is 8.41. The zero-order chi connectivity index (χ0) is 14.1. The number of nitrogens with two attached hydrogens (primary N) is 1. The molecule has 6 heteroatoms. The first-order valence-corrected chi connectivity index (χ1v) is 7.63. The highest BCUT2D eigenvalue weighted by atomic mass is 32.1. The standard InChI is InChI=1S/C14H18N4OS/c1-9-17-12-7-11(10(15)6-13(12)20-9)16-8-14(19)18-4-2-3-5-18/h6-7,16H,2-5,8,15H2,1H3. The number of likely N-dealkylation sites (tertiary alicyclic amines) is 1. The average molecular weight is 290 g/mol. The quantitative estimate of drug-likeness (QED) is 0.850. The van der Waals surface area contributed by atoms with Gasteiger partial charge in [-0.2, -0.15) is 0 Å². The van der Waals surface area contributed by atoms with Crippen molar-refractivity contribution < 1.29 is 4.79 Å². The highest BCUT2D eigenvalue weighted by Crippen LogP contribution is 2.29. The van der Waals surface area contributed by atoms with E-state index in [-0.39, 0.29) is 5.91 Å². The molecule has 2 aromatic rings. The normalized spacial score (nSPS) is 14.9. The van der Waals surface area contributed by atoms with Crippen molar-refractivity contribution in [2.45, 2.75) is 19.8 Å². The fourth-order valence-corrected chi connectivity index (χ4v) is 3.36. The Balaban J connectivity index is 1.73. The van der Waals surface area contributed by atoms with E-state index in [1.54, 1.807) is 11.3 Å². The molecule has 1 fully saturated rings. The number of nitrogens with one attached hydrogen (secondary N) is 1. The fourth-order valence-electron chi connectivity index (χ4n) is 2.51. The molecular weight excluding hydrogens is 272 g/mol. The topological polar surface area (TPSA) is 71.2 Å². The number of amides is 1. The molecule has 0 radical (unpaired) electrons. The summed E-state index contributed by atoms with van der Waals surface area (Å²) in [4.78, 5) is 18.4. The van der Waals surface area contributed by atoms with Gasteiger partial charge in [-0.05, 0) is 31.9 Å². The second kappa shape index (κ2) is 5.28. The Hall–Kier alpha value is -1.82. The third kappa shape index (κ3) is 2.56. The smallest absolute Gasteiger partial charge is 0.241 e. The number of hydrogen-bond donors (Lipinski definition) is 2. The minimum atomic E-state index is 0.136. The number of fused-ring (bicyclic) bond motifs is 1. The van der Waals surface area contributed by atoms with Gasteiger partial charge in [-0.25, -0.2) is 4.98 Å². The fraction of sp³-hybridized carbons (Fsp3) is 0.429. The van der Waals surface area contributed by atoms with Crippen LogP contribution in [0.2, 0.25) is 0 Å². The van der Waals surface area contributed by atoms with Gasteiger partial charge in [0.25, 0.3) is 0 Å². The number of carbonyl (C=O) groups is 1. The maximum Gasteiger partial charge on any atom is 0.241 e. The number of nitrogen functional groups attached to an aromatic ring is 1. The van der Waals surface area contributed by atoms with Crippen LogP contribution in [0.3, 0.4) is 0 Å². The minimum Gasteiger partial charge on any atom is -0.397 e.